The average molecular weight is 516 g/mol. The van der Waals surface area contributed by atoms with E-state index < -0.39 is 85.5 Å². The number of epoxide rings is 1. The minimum Gasteiger partial charge on any atom is -0.491 e. The molecule has 14 nitrogen and oxygen atoms in total. The van der Waals surface area contributed by atoms with E-state index in [2.05, 4.69) is 0 Å². The van der Waals surface area contributed by atoms with E-state index in [0.29, 0.717) is 0 Å². The van der Waals surface area contributed by atoms with E-state index in [-0.39, 0.29) is 13.2 Å². The number of rotatable bonds is 8. The first kappa shape index (κ1) is 26.3. The van der Waals surface area contributed by atoms with Gasteiger partial charge in [-0.25, -0.2) is 0 Å². The van der Waals surface area contributed by atoms with Crippen LogP contribution in [0.2, 0.25) is 0 Å². The summed E-state index contributed by atoms with van der Waals surface area (Å²) in [5.74, 6) is -2.35. The van der Waals surface area contributed by atoms with Crippen molar-refractivity contribution in [2.45, 2.75) is 89.3 Å². The monoisotopic (exact) mass is 516 g/mol. The van der Waals surface area contributed by atoms with Gasteiger partial charge < -0.3 is 47.4 Å². The second-order valence-corrected chi connectivity index (χ2v) is 8.47. The van der Waals surface area contributed by atoms with E-state index in [4.69, 9.17) is 47.4 Å². The Hall–Kier alpha value is -2.78. The molecule has 0 bridgehead atoms. The van der Waals surface area contributed by atoms with Crippen LogP contribution < -0.4 is 0 Å². The summed E-state index contributed by atoms with van der Waals surface area (Å²) in [6.07, 6.45) is -6.32. The lowest BCUT2D eigenvalue weighted by atomic mass is 9.97. The summed E-state index contributed by atoms with van der Waals surface area (Å²) >= 11 is 0. The number of hydrogen-bond acceptors (Lipinski definition) is 14. The first-order valence-corrected chi connectivity index (χ1v) is 11.3. The van der Waals surface area contributed by atoms with Gasteiger partial charge in [0.2, 0.25) is 12.6 Å². The molecule has 4 rings (SSSR count). The van der Waals surface area contributed by atoms with Crippen LogP contribution in [0.4, 0.5) is 0 Å². The minimum atomic E-state index is -1.27. The molecule has 0 aliphatic carbocycles. The van der Waals surface area contributed by atoms with E-state index >= 15 is 0 Å². The molecule has 3 fully saturated rings. The maximum Gasteiger partial charge on any atom is 0.303 e. The Morgan fingerprint density at radius 2 is 1.28 bits per heavy atom. The first-order valence-electron chi connectivity index (χ1n) is 11.3. The van der Waals surface area contributed by atoms with Crippen molar-refractivity contribution in [2.75, 3.05) is 13.2 Å². The standard InChI is InChI=1S/C22H28O14/c1-9(23)28-7-14-16(30-11(3)25)13(5-6-27-14)32-20-19(31-12(4)26)18-17(34-21-22(35-18)36-21)15(33-20)8-29-10(2)24/h5-6,13-22H,7-8H2,1-4H3/t13?,14?,15-,16-,17+,18?,19?,20-,21?,22?/m1/s1. The molecule has 6 unspecified atom stereocenters. The first-order chi connectivity index (χ1) is 17.1. The maximum atomic E-state index is 11.9. The highest BCUT2D eigenvalue weighted by Gasteiger charge is 2.61. The SMILES string of the molecule is CC(=O)OCC1OC=CC(O[C@@H]2O[C@H](COC(C)=O)[C@@H]3OC4OC4OC3C2OC(C)=O)[C@H]1OC(C)=O. The third-order valence-electron chi connectivity index (χ3n) is 5.60. The van der Waals surface area contributed by atoms with Crippen molar-refractivity contribution in [1.29, 1.82) is 0 Å². The van der Waals surface area contributed by atoms with Gasteiger partial charge in [-0.2, -0.15) is 0 Å². The fraction of sp³-hybridized carbons (Fsp3) is 0.727. The quantitative estimate of drug-likeness (QED) is 0.229. The smallest absolute Gasteiger partial charge is 0.303 e. The van der Waals surface area contributed by atoms with Crippen LogP contribution in [0.3, 0.4) is 0 Å². The zero-order chi connectivity index (χ0) is 26.0. The zero-order valence-corrected chi connectivity index (χ0v) is 20.1. The minimum absolute atomic E-state index is 0.198. The third-order valence-corrected chi connectivity index (χ3v) is 5.60. The van der Waals surface area contributed by atoms with Gasteiger partial charge >= 0.3 is 23.9 Å². The highest BCUT2D eigenvalue weighted by molar-refractivity contribution is 5.67. The van der Waals surface area contributed by atoms with Crippen molar-refractivity contribution >= 4 is 23.9 Å². The second-order valence-electron chi connectivity index (χ2n) is 8.47. The third kappa shape index (κ3) is 6.31. The number of ether oxygens (including phenoxy) is 10. The van der Waals surface area contributed by atoms with Crippen LogP contribution in [0, 0.1) is 0 Å². The van der Waals surface area contributed by atoms with Crippen molar-refractivity contribution in [1.82, 2.24) is 0 Å². The number of esters is 4. The lowest BCUT2D eigenvalue weighted by Crippen LogP contribution is -2.65. The molecule has 0 saturated carbocycles. The Bertz CT molecular complexity index is 888. The van der Waals surface area contributed by atoms with Crippen LogP contribution in [0.1, 0.15) is 27.7 Å². The molecule has 0 aromatic heterocycles. The van der Waals surface area contributed by atoms with Gasteiger partial charge in [-0.3, -0.25) is 19.2 Å². The fourth-order valence-electron chi connectivity index (χ4n) is 4.11. The van der Waals surface area contributed by atoms with E-state index in [0.717, 1.165) is 0 Å². The molecule has 4 aliphatic rings. The Kier molecular flexibility index (Phi) is 8.10. The van der Waals surface area contributed by atoms with Crippen molar-refractivity contribution in [3.05, 3.63) is 12.3 Å². The highest BCUT2D eigenvalue weighted by atomic mass is 16.9. The summed E-state index contributed by atoms with van der Waals surface area (Å²) in [6.45, 7) is 4.48. The van der Waals surface area contributed by atoms with E-state index in [1.165, 1.54) is 40.0 Å². The van der Waals surface area contributed by atoms with Crippen LogP contribution in [0.25, 0.3) is 0 Å². The molecule has 0 N–H and O–H groups in total. The molecule has 0 aromatic rings. The normalized spacial score (nSPS) is 38.4. The van der Waals surface area contributed by atoms with Crippen LogP contribution in [0.15, 0.2) is 12.3 Å². The molecule has 14 heteroatoms. The summed E-state index contributed by atoms with van der Waals surface area (Å²) in [5, 5.41) is 0. The van der Waals surface area contributed by atoms with Gasteiger partial charge in [-0.15, -0.1) is 0 Å². The highest BCUT2D eigenvalue weighted by Crippen LogP contribution is 2.41. The zero-order valence-electron chi connectivity index (χ0n) is 20.1. The van der Waals surface area contributed by atoms with E-state index in [1.807, 2.05) is 0 Å². The summed E-state index contributed by atoms with van der Waals surface area (Å²) in [4.78, 5) is 46.5. The molecular formula is C22H28O14. The van der Waals surface area contributed by atoms with Crippen molar-refractivity contribution < 1.29 is 66.5 Å². The molecule has 36 heavy (non-hydrogen) atoms. The van der Waals surface area contributed by atoms with Crippen LogP contribution in [0.5, 0.6) is 0 Å². The lowest BCUT2D eigenvalue weighted by molar-refractivity contribution is -0.342. The number of fused-ring (bicyclic) bond motifs is 2. The van der Waals surface area contributed by atoms with Gasteiger partial charge in [0.15, 0.2) is 24.6 Å². The van der Waals surface area contributed by atoms with Gasteiger partial charge in [0, 0.05) is 27.7 Å². The summed E-state index contributed by atoms with van der Waals surface area (Å²) in [6, 6.07) is 0. The number of carbonyl (C=O) groups is 4. The molecule has 0 aromatic carbocycles. The summed E-state index contributed by atoms with van der Waals surface area (Å²) < 4.78 is 55.7. The van der Waals surface area contributed by atoms with Gasteiger partial charge in [-0.05, 0) is 6.08 Å². The lowest BCUT2D eigenvalue weighted by Gasteiger charge is -2.47. The van der Waals surface area contributed by atoms with E-state index in [1.54, 1.807) is 0 Å². The molecule has 3 saturated heterocycles. The Labute approximate surface area is 205 Å². The van der Waals surface area contributed by atoms with Gasteiger partial charge in [0.25, 0.3) is 0 Å². The molecule has 10 atom stereocenters. The number of carbonyl (C=O) groups excluding carboxylic acids is 4. The Morgan fingerprint density at radius 3 is 1.89 bits per heavy atom. The molecule has 0 spiro atoms. The maximum absolute atomic E-state index is 11.9. The fourth-order valence-corrected chi connectivity index (χ4v) is 4.11. The summed E-state index contributed by atoms with van der Waals surface area (Å²) in [7, 11) is 0. The van der Waals surface area contributed by atoms with Crippen molar-refractivity contribution in [2.24, 2.45) is 0 Å². The molecule has 0 radical (unpaired) electrons. The van der Waals surface area contributed by atoms with Crippen LogP contribution >= 0.6 is 0 Å². The molecule has 4 aliphatic heterocycles. The van der Waals surface area contributed by atoms with Gasteiger partial charge in [-0.1, -0.05) is 0 Å². The average Bonchev–Trinajstić information content (AvgIpc) is 3.56. The van der Waals surface area contributed by atoms with Crippen molar-refractivity contribution in [3.63, 3.8) is 0 Å². The van der Waals surface area contributed by atoms with Gasteiger partial charge in [0.1, 0.15) is 37.6 Å². The van der Waals surface area contributed by atoms with Crippen LogP contribution in [-0.2, 0) is 66.5 Å². The van der Waals surface area contributed by atoms with Crippen molar-refractivity contribution in [3.8, 4) is 0 Å². The second kappa shape index (κ2) is 11.1. The molecule has 4 heterocycles. The van der Waals surface area contributed by atoms with E-state index in [9.17, 15) is 19.2 Å². The van der Waals surface area contributed by atoms with Gasteiger partial charge in [0.05, 0.1) is 6.26 Å². The topological polar surface area (TPSA) is 164 Å². The van der Waals surface area contributed by atoms with Crippen LogP contribution in [-0.4, -0.2) is 98.7 Å². The molecule has 0 amide bonds. The largest absolute Gasteiger partial charge is 0.491 e. The molecule has 200 valence electrons. The summed E-state index contributed by atoms with van der Waals surface area (Å²) in [5.41, 5.74) is 0. The molecular weight excluding hydrogens is 488 g/mol. The predicted molar refractivity (Wildman–Crippen MR) is 110 cm³/mol. The number of hydrogen-bond donors (Lipinski definition) is 0. The Morgan fingerprint density at radius 1 is 0.694 bits per heavy atom. The predicted octanol–water partition coefficient (Wildman–Crippen LogP) is -0.535. The Balaban J connectivity index is 1.57.